The van der Waals surface area contributed by atoms with E-state index in [1.54, 1.807) is 0 Å². The Bertz CT molecular complexity index is 194. The summed E-state index contributed by atoms with van der Waals surface area (Å²) in [5.74, 6) is 0. The van der Waals surface area contributed by atoms with Gasteiger partial charge in [-0.15, -0.1) is 0 Å². The molecule has 76 valence electrons. The number of nitrogens with zero attached hydrogens (tertiary/aromatic N) is 1. The lowest BCUT2D eigenvalue weighted by Crippen LogP contribution is -2.38. The predicted molar refractivity (Wildman–Crippen MR) is 41.2 cm³/mol. The van der Waals surface area contributed by atoms with E-state index >= 15 is 0 Å². The van der Waals surface area contributed by atoms with E-state index in [4.69, 9.17) is 20.4 Å². The Morgan fingerprint density at radius 2 is 1.92 bits per heavy atom. The quantitative estimate of drug-likeness (QED) is 0.291. The number of hydrogen-bond donors (Lipinski definition) is 4. The van der Waals surface area contributed by atoms with E-state index < -0.39 is 29.8 Å². The molecule has 0 amide bonds. The Labute approximate surface area is 73.7 Å². The summed E-state index contributed by atoms with van der Waals surface area (Å²) < 4.78 is 0. The maximum atomic E-state index is 9.78. The van der Waals surface area contributed by atoms with Crippen molar-refractivity contribution in [1.82, 2.24) is 0 Å². The average molecular weight is 193 g/mol. The van der Waals surface area contributed by atoms with Gasteiger partial charge in [0.2, 0.25) is 6.20 Å². The highest BCUT2D eigenvalue weighted by molar-refractivity contribution is 4.90. The molecule has 0 aromatic rings. The van der Waals surface area contributed by atoms with E-state index in [1.807, 2.05) is 0 Å². The van der Waals surface area contributed by atoms with Gasteiger partial charge in [-0.3, -0.25) is 10.1 Å². The summed E-state index contributed by atoms with van der Waals surface area (Å²) in [6, 6.07) is 0. The lowest BCUT2D eigenvalue weighted by Gasteiger charge is -2.17. The monoisotopic (exact) mass is 193 g/mol. The van der Waals surface area contributed by atoms with Gasteiger partial charge in [-0.25, -0.2) is 0 Å². The minimum atomic E-state index is -1.64. The van der Waals surface area contributed by atoms with Crippen LogP contribution in [-0.2, 0) is 0 Å². The minimum Gasteiger partial charge on any atom is -0.394 e. The van der Waals surface area contributed by atoms with Crippen molar-refractivity contribution >= 4 is 0 Å². The maximum absolute atomic E-state index is 9.78. The molecule has 4 N–H and O–H groups in total. The molecule has 0 fully saturated rings. The first-order valence-electron chi connectivity index (χ1n) is 3.46. The molecule has 0 aliphatic carbocycles. The van der Waals surface area contributed by atoms with Gasteiger partial charge in [0.05, 0.1) is 11.5 Å². The van der Waals surface area contributed by atoms with Crippen molar-refractivity contribution in [3.8, 4) is 0 Å². The van der Waals surface area contributed by atoms with Gasteiger partial charge in [0.1, 0.15) is 18.3 Å². The van der Waals surface area contributed by atoms with Crippen molar-refractivity contribution in [2.45, 2.75) is 18.3 Å². The number of hydrogen-bond acceptors (Lipinski definition) is 6. The molecule has 0 aliphatic rings. The largest absolute Gasteiger partial charge is 0.394 e. The summed E-state index contributed by atoms with van der Waals surface area (Å²) in [6.45, 7) is -0.732. The van der Waals surface area contributed by atoms with Gasteiger partial charge < -0.3 is 20.4 Å². The molecule has 0 aromatic heterocycles. The lowest BCUT2D eigenvalue weighted by molar-refractivity contribution is -0.403. The van der Waals surface area contributed by atoms with Crippen molar-refractivity contribution in [1.29, 1.82) is 0 Å². The van der Waals surface area contributed by atoms with E-state index in [1.165, 1.54) is 0 Å². The number of aliphatic hydroxyl groups is 4. The molecule has 0 aromatic carbocycles. The maximum Gasteiger partial charge on any atom is 0.233 e. The fraction of sp³-hybridized carbons (Fsp3) is 0.667. The molecule has 0 rings (SSSR count). The van der Waals surface area contributed by atoms with Crippen molar-refractivity contribution in [2.24, 2.45) is 0 Å². The van der Waals surface area contributed by atoms with Crippen molar-refractivity contribution in [2.75, 3.05) is 6.61 Å². The summed E-state index contributed by atoms with van der Waals surface area (Å²) >= 11 is 0. The molecule has 0 bridgehead atoms. The molecule has 0 heterocycles. The summed E-state index contributed by atoms with van der Waals surface area (Å²) in [6.07, 6.45) is -3.58. The van der Waals surface area contributed by atoms with E-state index in [2.05, 4.69) is 0 Å². The first-order valence-corrected chi connectivity index (χ1v) is 3.46. The first kappa shape index (κ1) is 12.0. The van der Waals surface area contributed by atoms with E-state index in [0.717, 1.165) is 0 Å². The van der Waals surface area contributed by atoms with E-state index in [-0.39, 0.29) is 0 Å². The van der Waals surface area contributed by atoms with Crippen LogP contribution in [0.2, 0.25) is 0 Å². The van der Waals surface area contributed by atoms with Crippen LogP contribution in [0.15, 0.2) is 12.3 Å². The second kappa shape index (κ2) is 5.60. The third-order valence-electron chi connectivity index (χ3n) is 1.34. The van der Waals surface area contributed by atoms with Crippen molar-refractivity contribution in [3.63, 3.8) is 0 Å². The highest BCUT2D eigenvalue weighted by Crippen LogP contribution is 2.01. The van der Waals surface area contributed by atoms with Crippen LogP contribution in [0.3, 0.4) is 0 Å². The van der Waals surface area contributed by atoms with E-state index in [0.29, 0.717) is 12.3 Å². The Morgan fingerprint density at radius 1 is 1.38 bits per heavy atom. The topological polar surface area (TPSA) is 124 Å². The van der Waals surface area contributed by atoms with Crippen molar-refractivity contribution in [3.05, 3.63) is 22.4 Å². The number of nitro groups is 1. The molecule has 0 saturated carbocycles. The van der Waals surface area contributed by atoms with Gasteiger partial charge in [-0.1, -0.05) is 0 Å². The Balaban J connectivity index is 4.09. The van der Waals surface area contributed by atoms with Gasteiger partial charge >= 0.3 is 0 Å². The fourth-order valence-electron chi connectivity index (χ4n) is 0.608. The first-order chi connectivity index (χ1) is 5.99. The zero-order chi connectivity index (χ0) is 10.4. The lowest BCUT2D eigenvalue weighted by atomic mass is 10.1. The Kier molecular flexibility index (Phi) is 5.16. The molecule has 0 radical (unpaired) electrons. The molecule has 7 heteroatoms. The second-order valence-electron chi connectivity index (χ2n) is 2.36. The summed E-state index contributed by atoms with van der Waals surface area (Å²) in [4.78, 5) is 8.96. The van der Waals surface area contributed by atoms with Gasteiger partial charge in [0.25, 0.3) is 0 Å². The van der Waals surface area contributed by atoms with E-state index in [9.17, 15) is 10.1 Å². The van der Waals surface area contributed by atoms with Crippen LogP contribution >= 0.6 is 0 Å². The normalized spacial score (nSPS) is 18.5. The molecule has 7 nitrogen and oxygen atoms in total. The molecule has 13 heavy (non-hydrogen) atoms. The van der Waals surface area contributed by atoms with Gasteiger partial charge in [0.15, 0.2) is 0 Å². The summed E-state index contributed by atoms with van der Waals surface area (Å²) in [5.41, 5.74) is 0. The number of rotatable bonds is 5. The van der Waals surface area contributed by atoms with Crippen LogP contribution in [0.5, 0.6) is 0 Å². The van der Waals surface area contributed by atoms with Crippen molar-refractivity contribution < 1.29 is 25.3 Å². The molecule has 3 atom stereocenters. The van der Waals surface area contributed by atoms with Crippen LogP contribution in [0.4, 0.5) is 0 Å². The molecule has 0 aliphatic heterocycles. The zero-order valence-corrected chi connectivity index (χ0v) is 6.65. The molecular formula is C6H11NO6. The third-order valence-corrected chi connectivity index (χ3v) is 1.34. The van der Waals surface area contributed by atoms with Crippen LogP contribution in [-0.4, -0.2) is 50.3 Å². The average Bonchev–Trinajstić information content (AvgIpc) is 2.11. The second-order valence-corrected chi connectivity index (χ2v) is 2.36. The predicted octanol–water partition coefficient (Wildman–Crippen LogP) is -2.15. The molecular weight excluding hydrogens is 182 g/mol. The molecule has 0 spiro atoms. The Morgan fingerprint density at radius 3 is 2.31 bits per heavy atom. The van der Waals surface area contributed by atoms with Gasteiger partial charge in [-0.2, -0.15) is 0 Å². The fourth-order valence-corrected chi connectivity index (χ4v) is 0.608. The Hall–Kier alpha value is -1.02. The van der Waals surface area contributed by atoms with Crippen LogP contribution in [0, 0.1) is 10.1 Å². The third kappa shape index (κ3) is 4.53. The summed E-state index contributed by atoms with van der Waals surface area (Å²) in [5, 5.41) is 44.9. The number of aliphatic hydroxyl groups excluding tert-OH is 4. The van der Waals surface area contributed by atoms with Crippen LogP contribution in [0.1, 0.15) is 0 Å². The SMILES string of the molecule is O=[N+]([O-])C=C[C@H](O)[C@@H](O)[C@@H](O)CO. The zero-order valence-electron chi connectivity index (χ0n) is 6.65. The molecule has 0 saturated heterocycles. The summed E-state index contributed by atoms with van der Waals surface area (Å²) in [7, 11) is 0. The highest BCUT2D eigenvalue weighted by atomic mass is 16.6. The van der Waals surface area contributed by atoms with Crippen LogP contribution in [0.25, 0.3) is 0 Å². The van der Waals surface area contributed by atoms with Crippen LogP contribution < -0.4 is 0 Å². The smallest absolute Gasteiger partial charge is 0.233 e. The minimum absolute atomic E-state index is 0.442. The molecule has 0 unspecified atom stereocenters. The van der Waals surface area contributed by atoms with Gasteiger partial charge in [0, 0.05) is 6.08 Å². The standard InChI is InChI=1S/C6H11NO6/c8-3-5(10)6(11)4(9)1-2-7(12)13/h1-2,4-6,8-11H,3H2/t4-,5-,6+/m0/s1. The van der Waals surface area contributed by atoms with Gasteiger partial charge in [-0.05, 0) is 0 Å². The highest BCUT2D eigenvalue weighted by Gasteiger charge is 2.22.